The van der Waals surface area contributed by atoms with Crippen molar-refractivity contribution in [3.63, 3.8) is 0 Å². The van der Waals surface area contributed by atoms with Crippen LogP contribution in [-0.2, 0) is 5.41 Å². The van der Waals surface area contributed by atoms with Gasteiger partial charge in [0.15, 0.2) is 0 Å². The van der Waals surface area contributed by atoms with Crippen LogP contribution in [0.15, 0.2) is 211 Å². The van der Waals surface area contributed by atoms with Gasteiger partial charge in [-0.15, -0.1) is 0 Å². The van der Waals surface area contributed by atoms with Crippen molar-refractivity contribution in [3.05, 3.63) is 240 Å². The van der Waals surface area contributed by atoms with Crippen LogP contribution < -0.4 is 4.90 Å². The zero-order chi connectivity index (χ0) is 40.5. The number of anilines is 3. The first kappa shape index (κ1) is 35.7. The molecule has 9 aromatic rings. The van der Waals surface area contributed by atoms with Crippen molar-refractivity contribution in [2.45, 2.75) is 26.2 Å². The molecule has 0 N–H and O–H groups in total. The van der Waals surface area contributed by atoms with Gasteiger partial charge in [0, 0.05) is 33.4 Å². The first-order valence-corrected chi connectivity index (χ1v) is 20.8. The summed E-state index contributed by atoms with van der Waals surface area (Å²) < 4.78 is 6.48. The first-order chi connectivity index (χ1) is 29.5. The van der Waals surface area contributed by atoms with Crippen LogP contribution >= 0.6 is 0 Å². The molecule has 60 heavy (non-hydrogen) atoms. The molecule has 8 aromatic carbocycles. The minimum atomic E-state index is -0.440. The Bertz CT molecular complexity index is 3260. The maximum absolute atomic E-state index is 6.48. The van der Waals surface area contributed by atoms with Crippen LogP contribution in [0, 0.1) is 13.8 Å². The minimum Gasteiger partial charge on any atom is -0.455 e. The third-order valence-electron chi connectivity index (χ3n) is 13.0. The highest BCUT2D eigenvalue weighted by molar-refractivity contribution is 6.09. The molecule has 286 valence electrons. The molecule has 1 heterocycles. The van der Waals surface area contributed by atoms with Gasteiger partial charge >= 0.3 is 0 Å². The van der Waals surface area contributed by atoms with Crippen LogP contribution in [0.1, 0.15) is 40.3 Å². The molecule has 2 aliphatic carbocycles. The standard InChI is InChI=1S/C58H43NO/c1-5-6-17-46-39(4)58(53-24-12-9-19-48(46)53)54-25-13-10-20-49(54)50-34-32-43(36-55(50)58)59(42-31-33-45(38(3)35-42)44-18-8-7-16-37(44)2)41-29-27-40(28-30-41)47-22-15-23-52-51-21-11-14-26-56(51)60-57(47)52/h5-36H,1H2,2-4H3/b17-6-. The van der Waals surface area contributed by atoms with Gasteiger partial charge in [0.2, 0.25) is 0 Å². The lowest BCUT2D eigenvalue weighted by Gasteiger charge is -2.33. The summed E-state index contributed by atoms with van der Waals surface area (Å²) in [6, 6.07) is 64.4. The molecule has 2 aliphatic rings. The molecular weight excluding hydrogens is 727 g/mol. The SMILES string of the molecule is C=C/C=C\C1=C(C)C2(c3ccccc31)c1ccccc1-c1ccc(N(c3ccc(-c4cccc5c4oc4ccccc45)cc3)c3ccc(-c4ccccc4C)c(C)c3)cc12. The van der Waals surface area contributed by atoms with Crippen LogP contribution in [0.5, 0.6) is 0 Å². The fourth-order valence-corrected chi connectivity index (χ4v) is 10.3. The first-order valence-electron chi connectivity index (χ1n) is 20.8. The van der Waals surface area contributed by atoms with E-state index >= 15 is 0 Å². The second-order valence-corrected chi connectivity index (χ2v) is 16.2. The van der Waals surface area contributed by atoms with Gasteiger partial charge in [-0.1, -0.05) is 158 Å². The van der Waals surface area contributed by atoms with Crippen LogP contribution in [-0.4, -0.2) is 0 Å². The molecule has 0 saturated heterocycles. The van der Waals surface area contributed by atoms with Crippen molar-refractivity contribution in [2.75, 3.05) is 4.90 Å². The Morgan fingerprint density at radius 2 is 1.07 bits per heavy atom. The average Bonchev–Trinajstić information content (AvgIpc) is 3.90. The Hall–Kier alpha value is -7.42. The van der Waals surface area contributed by atoms with Gasteiger partial charge in [-0.25, -0.2) is 0 Å². The fraction of sp³-hybridized carbons (Fsp3) is 0.0690. The molecule has 2 nitrogen and oxygen atoms in total. The van der Waals surface area contributed by atoms with E-state index in [0.29, 0.717) is 0 Å². The van der Waals surface area contributed by atoms with Crippen molar-refractivity contribution in [1.82, 2.24) is 0 Å². The monoisotopic (exact) mass is 769 g/mol. The van der Waals surface area contributed by atoms with Gasteiger partial charge in [-0.2, -0.15) is 0 Å². The van der Waals surface area contributed by atoms with Gasteiger partial charge in [-0.05, 0) is 136 Å². The summed E-state index contributed by atoms with van der Waals surface area (Å²) in [5, 5.41) is 2.27. The Balaban J connectivity index is 1.11. The van der Waals surface area contributed by atoms with Crippen LogP contribution in [0.3, 0.4) is 0 Å². The van der Waals surface area contributed by atoms with E-state index in [1.807, 2.05) is 18.2 Å². The molecule has 1 atom stereocenters. The number of para-hydroxylation sites is 2. The van der Waals surface area contributed by atoms with E-state index in [2.05, 4.69) is 208 Å². The zero-order valence-corrected chi connectivity index (χ0v) is 34.0. The molecule has 0 aliphatic heterocycles. The van der Waals surface area contributed by atoms with E-state index in [4.69, 9.17) is 4.42 Å². The van der Waals surface area contributed by atoms with E-state index in [1.165, 1.54) is 66.8 Å². The van der Waals surface area contributed by atoms with Crippen molar-refractivity contribution < 1.29 is 4.42 Å². The lowest BCUT2D eigenvalue weighted by Crippen LogP contribution is -2.26. The quantitative estimate of drug-likeness (QED) is 0.150. The maximum atomic E-state index is 6.48. The molecule has 0 radical (unpaired) electrons. The predicted octanol–water partition coefficient (Wildman–Crippen LogP) is 15.9. The number of furan rings is 1. The molecule has 0 amide bonds. The van der Waals surface area contributed by atoms with E-state index < -0.39 is 5.41 Å². The summed E-state index contributed by atoms with van der Waals surface area (Å²) in [6.45, 7) is 10.8. The molecule has 1 aromatic heterocycles. The van der Waals surface area contributed by atoms with Gasteiger partial charge in [0.25, 0.3) is 0 Å². The lowest BCUT2D eigenvalue weighted by molar-refractivity contribution is 0.670. The summed E-state index contributed by atoms with van der Waals surface area (Å²) in [6.07, 6.45) is 6.17. The normalized spacial score (nSPS) is 15.2. The number of nitrogens with zero attached hydrogens (tertiary/aromatic N) is 1. The van der Waals surface area contributed by atoms with Crippen molar-refractivity contribution in [2.24, 2.45) is 0 Å². The van der Waals surface area contributed by atoms with Crippen molar-refractivity contribution >= 4 is 44.6 Å². The van der Waals surface area contributed by atoms with E-state index in [-0.39, 0.29) is 0 Å². The second kappa shape index (κ2) is 13.9. The van der Waals surface area contributed by atoms with Crippen LogP contribution in [0.4, 0.5) is 17.1 Å². The van der Waals surface area contributed by atoms with Gasteiger partial charge in [0.1, 0.15) is 11.2 Å². The highest BCUT2D eigenvalue weighted by Gasteiger charge is 2.51. The number of fused-ring (bicyclic) bond motifs is 10. The summed E-state index contributed by atoms with van der Waals surface area (Å²) in [5.74, 6) is 0. The van der Waals surface area contributed by atoms with Gasteiger partial charge in [-0.3, -0.25) is 0 Å². The molecule has 1 unspecified atom stereocenters. The Labute approximate surface area is 351 Å². The minimum absolute atomic E-state index is 0.440. The van der Waals surface area contributed by atoms with Crippen molar-refractivity contribution in [1.29, 1.82) is 0 Å². The third kappa shape index (κ3) is 5.20. The van der Waals surface area contributed by atoms with Gasteiger partial charge in [0.05, 0.1) is 5.41 Å². The highest BCUT2D eigenvalue weighted by atomic mass is 16.3. The third-order valence-corrected chi connectivity index (χ3v) is 13.0. The second-order valence-electron chi connectivity index (χ2n) is 16.2. The Morgan fingerprint density at radius 3 is 1.83 bits per heavy atom. The van der Waals surface area contributed by atoms with Crippen LogP contribution in [0.25, 0.3) is 60.9 Å². The Kier molecular flexibility index (Phi) is 8.25. The largest absolute Gasteiger partial charge is 0.455 e. The summed E-state index contributed by atoms with van der Waals surface area (Å²) in [5.41, 5.74) is 22.3. The number of benzene rings is 8. The zero-order valence-electron chi connectivity index (χ0n) is 34.0. The molecule has 0 bridgehead atoms. The summed E-state index contributed by atoms with van der Waals surface area (Å²) in [4.78, 5) is 2.43. The average molecular weight is 770 g/mol. The van der Waals surface area contributed by atoms with Gasteiger partial charge < -0.3 is 9.32 Å². The highest BCUT2D eigenvalue weighted by Crippen LogP contribution is 2.62. The fourth-order valence-electron chi connectivity index (χ4n) is 10.3. The smallest absolute Gasteiger partial charge is 0.143 e. The maximum Gasteiger partial charge on any atom is 0.143 e. The number of aryl methyl sites for hydroxylation is 2. The van der Waals surface area contributed by atoms with E-state index in [0.717, 1.165) is 50.1 Å². The van der Waals surface area contributed by atoms with E-state index in [1.54, 1.807) is 0 Å². The number of rotatable bonds is 7. The lowest BCUT2D eigenvalue weighted by atomic mass is 9.70. The van der Waals surface area contributed by atoms with E-state index in [9.17, 15) is 0 Å². The molecule has 2 heteroatoms. The van der Waals surface area contributed by atoms with Crippen molar-refractivity contribution in [3.8, 4) is 33.4 Å². The number of hydrogen-bond donors (Lipinski definition) is 0. The molecule has 1 spiro atoms. The molecular formula is C58H43NO. The Morgan fingerprint density at radius 1 is 0.483 bits per heavy atom. The number of hydrogen-bond acceptors (Lipinski definition) is 2. The molecule has 0 fully saturated rings. The molecule has 11 rings (SSSR count). The molecule has 0 saturated carbocycles. The van der Waals surface area contributed by atoms with Crippen LogP contribution in [0.2, 0.25) is 0 Å². The predicted molar refractivity (Wildman–Crippen MR) is 252 cm³/mol. The summed E-state index contributed by atoms with van der Waals surface area (Å²) >= 11 is 0. The topological polar surface area (TPSA) is 16.4 Å². The number of allylic oxidation sites excluding steroid dienone is 5. The summed E-state index contributed by atoms with van der Waals surface area (Å²) in [7, 11) is 0.